The lowest BCUT2D eigenvalue weighted by Gasteiger charge is -2.07. The second-order valence-electron chi connectivity index (χ2n) is 7.88. The largest absolute Gasteiger partial charge is 0.505 e. The molecule has 0 amide bonds. The molecule has 34 heavy (non-hydrogen) atoms. The van der Waals surface area contributed by atoms with E-state index in [1.807, 2.05) is 12.1 Å². The van der Waals surface area contributed by atoms with E-state index in [0.717, 1.165) is 17.7 Å². The van der Waals surface area contributed by atoms with Gasteiger partial charge in [0.05, 0.1) is 23.6 Å². The van der Waals surface area contributed by atoms with Crippen molar-refractivity contribution < 1.29 is 19.7 Å². The number of aryl methyl sites for hydroxylation is 1. The van der Waals surface area contributed by atoms with Gasteiger partial charge < -0.3 is 14.9 Å². The van der Waals surface area contributed by atoms with Crippen LogP contribution in [-0.4, -0.2) is 32.6 Å². The number of ether oxygens (including phenoxy) is 1. The van der Waals surface area contributed by atoms with Gasteiger partial charge in [-0.25, -0.2) is 9.48 Å². The number of azo groups is 1. The molecule has 170 valence electrons. The van der Waals surface area contributed by atoms with Crippen LogP contribution in [0, 0.1) is 6.92 Å². The van der Waals surface area contributed by atoms with Crippen LogP contribution in [0.2, 0.25) is 0 Å². The average molecular weight is 456 g/mol. The number of nitrogens with one attached hydrogen (secondary N) is 1. The van der Waals surface area contributed by atoms with Gasteiger partial charge in [0, 0.05) is 12.0 Å². The molecule has 5 rings (SSSR count). The van der Waals surface area contributed by atoms with Gasteiger partial charge in [0.2, 0.25) is 0 Å². The summed E-state index contributed by atoms with van der Waals surface area (Å²) < 4.78 is 6.92. The maximum Gasteiger partial charge on any atom is 0.335 e. The third-order valence-corrected chi connectivity index (χ3v) is 5.66. The van der Waals surface area contributed by atoms with Crippen LogP contribution >= 0.6 is 0 Å². The predicted octanol–water partition coefficient (Wildman–Crippen LogP) is 4.90. The molecular formula is C25H20N4O5. The van der Waals surface area contributed by atoms with E-state index in [-0.39, 0.29) is 28.2 Å². The van der Waals surface area contributed by atoms with Crippen molar-refractivity contribution in [2.75, 3.05) is 6.61 Å². The molecule has 0 spiro atoms. The van der Waals surface area contributed by atoms with Crippen molar-refractivity contribution in [3.8, 4) is 28.3 Å². The second-order valence-corrected chi connectivity index (χ2v) is 7.88. The fourth-order valence-corrected chi connectivity index (χ4v) is 3.92. The van der Waals surface area contributed by atoms with E-state index >= 15 is 0 Å². The molecule has 2 heterocycles. The molecule has 0 saturated heterocycles. The van der Waals surface area contributed by atoms with Crippen LogP contribution < -0.4 is 10.3 Å². The van der Waals surface area contributed by atoms with Crippen LogP contribution in [0.4, 0.5) is 11.4 Å². The van der Waals surface area contributed by atoms with Crippen LogP contribution in [0.5, 0.6) is 11.5 Å². The fraction of sp³-hybridized carbons (Fsp3) is 0.120. The lowest BCUT2D eigenvalue weighted by atomic mass is 10.0. The van der Waals surface area contributed by atoms with Gasteiger partial charge >= 0.3 is 5.97 Å². The smallest absolute Gasteiger partial charge is 0.335 e. The standard InChI is InChI=1S/C25H20N4O5/c1-14-22(24(31)29(28-14)18-8-9-21-16(13-18)10-11-34-21)27-26-20-7-3-6-19(23(20)30)15-4-2-5-17(12-15)25(32)33/h2-9,12-13,28,30H,10-11H2,1H3,(H,32,33). The van der Waals surface area contributed by atoms with Crippen molar-refractivity contribution in [2.24, 2.45) is 10.2 Å². The molecule has 0 unspecified atom stereocenters. The van der Waals surface area contributed by atoms with Crippen molar-refractivity contribution in [1.29, 1.82) is 0 Å². The first-order chi connectivity index (χ1) is 16.4. The zero-order valence-corrected chi connectivity index (χ0v) is 18.1. The van der Waals surface area contributed by atoms with E-state index < -0.39 is 5.97 Å². The number of para-hydroxylation sites is 1. The number of aromatic amines is 1. The number of rotatable bonds is 5. The number of carbonyl (C=O) groups is 1. The molecule has 3 N–H and O–H groups in total. The minimum absolute atomic E-state index is 0.102. The van der Waals surface area contributed by atoms with Gasteiger partial charge in [-0.3, -0.25) is 9.89 Å². The number of phenolic OH excluding ortho intramolecular Hbond substituents is 1. The summed E-state index contributed by atoms with van der Waals surface area (Å²) >= 11 is 0. The number of aromatic hydroxyl groups is 1. The maximum absolute atomic E-state index is 13.0. The minimum Gasteiger partial charge on any atom is -0.505 e. The van der Waals surface area contributed by atoms with Gasteiger partial charge in [0.15, 0.2) is 11.4 Å². The number of aromatic carboxylic acids is 1. The molecule has 0 aliphatic carbocycles. The lowest BCUT2D eigenvalue weighted by Crippen LogP contribution is -2.14. The molecule has 0 fully saturated rings. The van der Waals surface area contributed by atoms with E-state index in [4.69, 9.17) is 4.74 Å². The Bertz CT molecular complexity index is 1520. The Morgan fingerprint density at radius 3 is 2.74 bits per heavy atom. The van der Waals surface area contributed by atoms with Gasteiger partial charge in [0.1, 0.15) is 11.4 Å². The van der Waals surface area contributed by atoms with E-state index in [2.05, 4.69) is 15.3 Å². The molecule has 1 aliphatic rings. The molecule has 9 heteroatoms. The molecule has 3 aromatic carbocycles. The summed E-state index contributed by atoms with van der Waals surface area (Å²) in [5, 5.41) is 31.2. The molecule has 0 atom stereocenters. The Balaban J connectivity index is 1.49. The summed E-state index contributed by atoms with van der Waals surface area (Å²) in [6.07, 6.45) is 0.787. The number of H-pyrrole nitrogens is 1. The summed E-state index contributed by atoms with van der Waals surface area (Å²) in [5.41, 5.74) is 3.16. The highest BCUT2D eigenvalue weighted by Crippen LogP contribution is 2.38. The Kier molecular flexibility index (Phi) is 5.21. The Morgan fingerprint density at radius 1 is 1.09 bits per heavy atom. The number of carboxylic acids is 1. The van der Waals surface area contributed by atoms with Crippen molar-refractivity contribution in [1.82, 2.24) is 9.78 Å². The van der Waals surface area contributed by atoms with Gasteiger partial charge in [-0.2, -0.15) is 0 Å². The SMILES string of the molecule is Cc1[nH]n(-c2ccc3c(c2)CCO3)c(=O)c1N=Nc1cccc(-c2cccc(C(=O)O)c2)c1O. The highest BCUT2D eigenvalue weighted by Gasteiger charge is 2.17. The monoisotopic (exact) mass is 456 g/mol. The predicted molar refractivity (Wildman–Crippen MR) is 125 cm³/mol. The van der Waals surface area contributed by atoms with Gasteiger partial charge in [-0.05, 0) is 54.4 Å². The molecule has 1 aliphatic heterocycles. The first kappa shape index (κ1) is 21.2. The summed E-state index contributed by atoms with van der Waals surface area (Å²) in [4.78, 5) is 24.3. The molecular weight excluding hydrogens is 436 g/mol. The van der Waals surface area contributed by atoms with Gasteiger partial charge in [-0.1, -0.05) is 24.3 Å². The quantitative estimate of drug-likeness (QED) is 0.368. The van der Waals surface area contributed by atoms with E-state index in [9.17, 15) is 19.8 Å². The van der Waals surface area contributed by atoms with Crippen LogP contribution in [0.1, 0.15) is 21.6 Å². The summed E-state index contributed by atoms with van der Waals surface area (Å²) in [6, 6.07) is 16.7. The molecule has 0 bridgehead atoms. The van der Waals surface area contributed by atoms with Crippen molar-refractivity contribution >= 4 is 17.3 Å². The summed E-state index contributed by atoms with van der Waals surface area (Å²) in [6.45, 7) is 2.34. The number of aromatic nitrogens is 2. The van der Waals surface area contributed by atoms with E-state index in [1.54, 1.807) is 43.3 Å². The number of phenols is 1. The lowest BCUT2D eigenvalue weighted by molar-refractivity contribution is 0.0697. The molecule has 0 radical (unpaired) electrons. The van der Waals surface area contributed by atoms with Gasteiger partial charge in [-0.15, -0.1) is 10.2 Å². The normalized spacial score (nSPS) is 12.6. The number of hydrogen-bond donors (Lipinski definition) is 3. The Morgan fingerprint density at radius 2 is 1.91 bits per heavy atom. The zero-order chi connectivity index (χ0) is 23.8. The third-order valence-electron chi connectivity index (χ3n) is 5.66. The van der Waals surface area contributed by atoms with Crippen molar-refractivity contribution in [2.45, 2.75) is 13.3 Å². The number of fused-ring (bicyclic) bond motifs is 1. The van der Waals surface area contributed by atoms with E-state index in [0.29, 0.717) is 29.1 Å². The Labute approximate surface area is 193 Å². The fourth-order valence-electron chi connectivity index (χ4n) is 3.92. The highest BCUT2D eigenvalue weighted by molar-refractivity contribution is 5.90. The summed E-state index contributed by atoms with van der Waals surface area (Å²) in [5.74, 6) is -0.405. The summed E-state index contributed by atoms with van der Waals surface area (Å²) in [7, 11) is 0. The molecule has 4 aromatic rings. The van der Waals surface area contributed by atoms with Crippen LogP contribution in [0.3, 0.4) is 0 Å². The highest BCUT2D eigenvalue weighted by atomic mass is 16.5. The maximum atomic E-state index is 13.0. The minimum atomic E-state index is -1.06. The Hall–Kier alpha value is -4.66. The van der Waals surface area contributed by atoms with Gasteiger partial charge in [0.25, 0.3) is 5.56 Å². The molecule has 0 saturated carbocycles. The number of hydrogen-bond acceptors (Lipinski definition) is 6. The van der Waals surface area contributed by atoms with Crippen LogP contribution in [-0.2, 0) is 6.42 Å². The number of carboxylic acid groups (broad SMARTS) is 1. The number of nitrogens with zero attached hydrogens (tertiary/aromatic N) is 3. The van der Waals surface area contributed by atoms with Crippen LogP contribution in [0.15, 0.2) is 75.7 Å². The number of benzene rings is 3. The molecule has 9 nitrogen and oxygen atoms in total. The zero-order valence-electron chi connectivity index (χ0n) is 18.1. The first-order valence-electron chi connectivity index (χ1n) is 10.6. The average Bonchev–Trinajstić information content (AvgIpc) is 3.42. The van der Waals surface area contributed by atoms with E-state index in [1.165, 1.54) is 16.8 Å². The first-order valence-corrected chi connectivity index (χ1v) is 10.6. The molecule has 1 aromatic heterocycles. The van der Waals surface area contributed by atoms with Crippen molar-refractivity contribution in [3.63, 3.8) is 0 Å². The van der Waals surface area contributed by atoms with Crippen LogP contribution in [0.25, 0.3) is 16.8 Å². The van der Waals surface area contributed by atoms with Crippen molar-refractivity contribution in [3.05, 3.63) is 87.8 Å². The topological polar surface area (TPSA) is 129 Å². The second kappa shape index (κ2) is 8.36. The third kappa shape index (κ3) is 3.73.